The van der Waals surface area contributed by atoms with Crippen molar-refractivity contribution in [1.29, 1.82) is 5.26 Å². The lowest BCUT2D eigenvalue weighted by Gasteiger charge is -2.21. The standard InChI is InChI=1S/C12H16N4O/c1-3-8(2)11(12(14)17)16-10-6-4-5-9(7-13)15-10/h4-6,8,11H,3H2,1-2H3,(H2,14,17)(H,15,16). The Labute approximate surface area is 101 Å². The van der Waals surface area contributed by atoms with Gasteiger partial charge in [-0.1, -0.05) is 26.3 Å². The maximum atomic E-state index is 11.3. The van der Waals surface area contributed by atoms with E-state index in [1.54, 1.807) is 18.2 Å². The van der Waals surface area contributed by atoms with Crippen LogP contribution in [-0.4, -0.2) is 16.9 Å². The lowest BCUT2D eigenvalue weighted by molar-refractivity contribution is -0.119. The Balaban J connectivity index is 2.86. The van der Waals surface area contributed by atoms with Crippen molar-refractivity contribution in [3.8, 4) is 6.07 Å². The van der Waals surface area contributed by atoms with E-state index in [4.69, 9.17) is 11.0 Å². The van der Waals surface area contributed by atoms with Gasteiger partial charge in [0.2, 0.25) is 5.91 Å². The van der Waals surface area contributed by atoms with E-state index in [0.717, 1.165) is 6.42 Å². The van der Waals surface area contributed by atoms with Crippen LogP contribution in [0.1, 0.15) is 26.0 Å². The van der Waals surface area contributed by atoms with Crippen LogP contribution in [-0.2, 0) is 4.79 Å². The van der Waals surface area contributed by atoms with Gasteiger partial charge >= 0.3 is 0 Å². The zero-order valence-corrected chi connectivity index (χ0v) is 9.97. The number of nitriles is 1. The number of rotatable bonds is 5. The van der Waals surface area contributed by atoms with E-state index in [9.17, 15) is 4.79 Å². The monoisotopic (exact) mass is 232 g/mol. The van der Waals surface area contributed by atoms with Crippen molar-refractivity contribution in [3.63, 3.8) is 0 Å². The highest BCUT2D eigenvalue weighted by Crippen LogP contribution is 2.13. The highest BCUT2D eigenvalue weighted by molar-refractivity contribution is 5.83. The van der Waals surface area contributed by atoms with Gasteiger partial charge in [-0.05, 0) is 18.1 Å². The summed E-state index contributed by atoms with van der Waals surface area (Å²) in [6.07, 6.45) is 0.832. The number of amides is 1. The number of nitrogens with zero attached hydrogens (tertiary/aromatic N) is 2. The van der Waals surface area contributed by atoms with Gasteiger partial charge in [0.1, 0.15) is 23.6 Å². The molecule has 2 unspecified atom stereocenters. The van der Waals surface area contributed by atoms with Gasteiger partial charge in [-0.25, -0.2) is 4.98 Å². The summed E-state index contributed by atoms with van der Waals surface area (Å²) in [5, 5.41) is 11.7. The van der Waals surface area contributed by atoms with Gasteiger partial charge in [-0.2, -0.15) is 5.26 Å². The molecule has 0 saturated heterocycles. The van der Waals surface area contributed by atoms with Crippen molar-refractivity contribution in [1.82, 2.24) is 4.98 Å². The second kappa shape index (κ2) is 5.85. The van der Waals surface area contributed by atoms with E-state index in [1.807, 2.05) is 19.9 Å². The zero-order chi connectivity index (χ0) is 12.8. The van der Waals surface area contributed by atoms with Gasteiger partial charge in [0, 0.05) is 0 Å². The first kappa shape index (κ1) is 13.0. The fourth-order valence-corrected chi connectivity index (χ4v) is 1.47. The number of primary amides is 1. The molecule has 0 saturated carbocycles. The summed E-state index contributed by atoms with van der Waals surface area (Å²) in [6, 6.07) is 6.50. The highest BCUT2D eigenvalue weighted by Gasteiger charge is 2.21. The quantitative estimate of drug-likeness (QED) is 0.799. The number of nitrogens with one attached hydrogen (secondary N) is 1. The molecule has 5 heteroatoms. The number of pyridine rings is 1. The average Bonchev–Trinajstić information content (AvgIpc) is 2.35. The molecule has 17 heavy (non-hydrogen) atoms. The van der Waals surface area contributed by atoms with Crippen LogP contribution in [0.25, 0.3) is 0 Å². The fourth-order valence-electron chi connectivity index (χ4n) is 1.47. The van der Waals surface area contributed by atoms with Gasteiger partial charge in [0.25, 0.3) is 0 Å². The molecule has 5 nitrogen and oxygen atoms in total. The van der Waals surface area contributed by atoms with Crippen LogP contribution < -0.4 is 11.1 Å². The first-order valence-corrected chi connectivity index (χ1v) is 5.51. The maximum Gasteiger partial charge on any atom is 0.240 e. The summed E-state index contributed by atoms with van der Waals surface area (Å²) in [5.74, 6) is 0.191. The molecule has 1 aromatic heterocycles. The van der Waals surface area contributed by atoms with Crippen LogP contribution in [0.4, 0.5) is 5.82 Å². The Morgan fingerprint density at radius 3 is 2.88 bits per heavy atom. The third-order valence-corrected chi connectivity index (χ3v) is 2.69. The number of carbonyl (C=O) groups is 1. The van der Waals surface area contributed by atoms with Crippen molar-refractivity contribution in [3.05, 3.63) is 23.9 Å². The fraction of sp³-hybridized carbons (Fsp3) is 0.417. The largest absolute Gasteiger partial charge is 0.368 e. The maximum absolute atomic E-state index is 11.3. The Hall–Kier alpha value is -2.09. The molecular formula is C12H16N4O. The molecule has 0 bridgehead atoms. The molecule has 1 amide bonds. The Morgan fingerprint density at radius 1 is 1.65 bits per heavy atom. The van der Waals surface area contributed by atoms with Crippen LogP contribution in [0.15, 0.2) is 18.2 Å². The van der Waals surface area contributed by atoms with E-state index in [2.05, 4.69) is 10.3 Å². The molecule has 1 heterocycles. The smallest absolute Gasteiger partial charge is 0.240 e. The number of hydrogen-bond donors (Lipinski definition) is 2. The molecule has 0 spiro atoms. The summed E-state index contributed by atoms with van der Waals surface area (Å²) < 4.78 is 0. The van der Waals surface area contributed by atoms with Crippen LogP contribution in [0.5, 0.6) is 0 Å². The van der Waals surface area contributed by atoms with Crippen molar-refractivity contribution < 1.29 is 4.79 Å². The van der Waals surface area contributed by atoms with Crippen molar-refractivity contribution in [2.75, 3.05) is 5.32 Å². The van der Waals surface area contributed by atoms with Crippen LogP contribution in [0.2, 0.25) is 0 Å². The molecule has 0 aromatic carbocycles. The molecule has 0 fully saturated rings. The van der Waals surface area contributed by atoms with Gasteiger partial charge < -0.3 is 11.1 Å². The first-order valence-electron chi connectivity index (χ1n) is 5.51. The molecule has 3 N–H and O–H groups in total. The van der Waals surface area contributed by atoms with Gasteiger partial charge in [-0.15, -0.1) is 0 Å². The van der Waals surface area contributed by atoms with Gasteiger partial charge in [0.15, 0.2) is 0 Å². The molecule has 0 radical (unpaired) electrons. The Morgan fingerprint density at radius 2 is 2.35 bits per heavy atom. The molecular weight excluding hydrogens is 216 g/mol. The molecule has 0 aliphatic rings. The molecule has 0 aliphatic heterocycles. The topological polar surface area (TPSA) is 91.8 Å². The van der Waals surface area contributed by atoms with Gasteiger partial charge in [-0.3, -0.25) is 4.79 Å². The number of nitrogens with two attached hydrogens (primary N) is 1. The van der Waals surface area contributed by atoms with E-state index in [1.165, 1.54) is 0 Å². The van der Waals surface area contributed by atoms with Crippen molar-refractivity contribution in [2.45, 2.75) is 26.3 Å². The normalized spacial score (nSPS) is 13.5. The van der Waals surface area contributed by atoms with Crippen LogP contribution in [0, 0.1) is 17.2 Å². The van der Waals surface area contributed by atoms with Gasteiger partial charge in [0.05, 0.1) is 0 Å². The SMILES string of the molecule is CCC(C)C(Nc1cccc(C#N)n1)C(N)=O. The number of anilines is 1. The first-order chi connectivity index (χ1) is 8.08. The predicted octanol–water partition coefficient (Wildman–Crippen LogP) is 1.27. The summed E-state index contributed by atoms with van der Waals surface area (Å²) >= 11 is 0. The Bertz CT molecular complexity index is 438. The van der Waals surface area contributed by atoms with E-state index < -0.39 is 11.9 Å². The van der Waals surface area contributed by atoms with Crippen molar-refractivity contribution >= 4 is 11.7 Å². The van der Waals surface area contributed by atoms with Crippen LogP contribution in [0.3, 0.4) is 0 Å². The third kappa shape index (κ3) is 3.45. The molecule has 2 atom stereocenters. The minimum Gasteiger partial charge on any atom is -0.368 e. The Kier molecular flexibility index (Phi) is 4.46. The van der Waals surface area contributed by atoms with Crippen LogP contribution >= 0.6 is 0 Å². The minimum absolute atomic E-state index is 0.111. The number of carbonyl (C=O) groups excluding carboxylic acids is 1. The summed E-state index contributed by atoms with van der Waals surface area (Å²) in [7, 11) is 0. The average molecular weight is 232 g/mol. The molecule has 1 aromatic rings. The highest BCUT2D eigenvalue weighted by atomic mass is 16.1. The molecule has 0 aliphatic carbocycles. The second-order valence-corrected chi connectivity index (χ2v) is 3.93. The molecule has 1 rings (SSSR count). The van der Waals surface area contributed by atoms with E-state index in [0.29, 0.717) is 11.5 Å². The summed E-state index contributed by atoms with van der Waals surface area (Å²) in [6.45, 7) is 3.93. The minimum atomic E-state index is -0.471. The van der Waals surface area contributed by atoms with Crippen molar-refractivity contribution in [2.24, 2.45) is 11.7 Å². The second-order valence-electron chi connectivity index (χ2n) is 3.93. The number of aromatic nitrogens is 1. The third-order valence-electron chi connectivity index (χ3n) is 2.69. The molecule has 90 valence electrons. The summed E-state index contributed by atoms with van der Waals surface area (Å²) in [4.78, 5) is 15.4. The number of hydrogen-bond acceptors (Lipinski definition) is 4. The predicted molar refractivity (Wildman–Crippen MR) is 65.0 cm³/mol. The van der Waals surface area contributed by atoms with E-state index >= 15 is 0 Å². The zero-order valence-electron chi connectivity index (χ0n) is 9.97. The summed E-state index contributed by atoms with van der Waals surface area (Å²) in [5.41, 5.74) is 5.65. The lowest BCUT2D eigenvalue weighted by atomic mass is 9.99. The van der Waals surface area contributed by atoms with E-state index in [-0.39, 0.29) is 5.92 Å². The lowest BCUT2D eigenvalue weighted by Crippen LogP contribution is -2.40.